The summed E-state index contributed by atoms with van der Waals surface area (Å²) in [5.74, 6) is 0.914. The Hall–Kier alpha value is -1.35. The van der Waals surface area contributed by atoms with Crippen LogP contribution in [0.4, 0.5) is 0 Å². The Morgan fingerprint density at radius 2 is 2.22 bits per heavy atom. The summed E-state index contributed by atoms with van der Waals surface area (Å²) in [5.41, 5.74) is 0.434. The fourth-order valence-corrected chi connectivity index (χ4v) is 2.33. The first kappa shape index (κ1) is 13.1. The van der Waals surface area contributed by atoms with E-state index in [9.17, 15) is 4.79 Å². The highest BCUT2D eigenvalue weighted by molar-refractivity contribution is 6.02. The fraction of sp³-hybridized carbons (Fsp3) is 0.533. The van der Waals surface area contributed by atoms with Crippen LogP contribution >= 0.6 is 0 Å². The Kier molecular flexibility index (Phi) is 4.02. The molecule has 18 heavy (non-hydrogen) atoms. The van der Waals surface area contributed by atoms with Gasteiger partial charge in [0.05, 0.1) is 12.2 Å². The van der Waals surface area contributed by atoms with E-state index in [0.717, 1.165) is 37.2 Å². The predicted octanol–water partition coefficient (Wildman–Crippen LogP) is 2.66. The van der Waals surface area contributed by atoms with Gasteiger partial charge in [-0.15, -0.1) is 0 Å². The molecule has 0 saturated carbocycles. The summed E-state index contributed by atoms with van der Waals surface area (Å²) < 4.78 is 5.67. The van der Waals surface area contributed by atoms with Crippen molar-refractivity contribution in [2.24, 2.45) is 5.41 Å². The van der Waals surface area contributed by atoms with Gasteiger partial charge in [-0.25, -0.2) is 0 Å². The highest BCUT2D eigenvalue weighted by Gasteiger charge is 2.37. The number of ketones is 1. The van der Waals surface area contributed by atoms with Gasteiger partial charge in [-0.05, 0) is 31.5 Å². The lowest BCUT2D eigenvalue weighted by molar-refractivity contribution is 0.0835. The molecule has 1 N–H and O–H groups in total. The highest BCUT2D eigenvalue weighted by Crippen LogP contribution is 2.32. The van der Waals surface area contributed by atoms with E-state index in [0.29, 0.717) is 6.61 Å². The van der Waals surface area contributed by atoms with Crippen LogP contribution in [0.3, 0.4) is 0 Å². The normalized spacial score (nSPS) is 23.0. The first-order chi connectivity index (χ1) is 8.67. The summed E-state index contributed by atoms with van der Waals surface area (Å²) in [5, 5.41) is 3.26. The molecular weight excluding hydrogens is 226 g/mol. The molecule has 1 aliphatic rings. The molecule has 0 bridgehead atoms. The molecule has 0 aromatic heterocycles. The molecule has 1 heterocycles. The Bertz CT molecular complexity index is 422. The molecule has 0 radical (unpaired) electrons. The number of carbonyl (C=O) groups excluding carboxylic acids is 1. The lowest BCUT2D eigenvalue weighted by Gasteiger charge is -2.22. The molecule has 0 aliphatic carbocycles. The number of Topliss-reactive ketones (excluding diaryl/α,β-unsaturated/α-hetero) is 1. The minimum Gasteiger partial charge on any atom is -0.493 e. The fourth-order valence-electron chi connectivity index (χ4n) is 2.33. The van der Waals surface area contributed by atoms with E-state index in [1.54, 1.807) is 0 Å². The Labute approximate surface area is 109 Å². The van der Waals surface area contributed by atoms with Crippen molar-refractivity contribution in [3.8, 4) is 5.75 Å². The van der Waals surface area contributed by atoms with Crippen molar-refractivity contribution in [3.05, 3.63) is 29.8 Å². The third-order valence-electron chi connectivity index (χ3n) is 3.51. The summed E-state index contributed by atoms with van der Waals surface area (Å²) in [6, 6.07) is 7.57. The number of carbonyl (C=O) groups is 1. The van der Waals surface area contributed by atoms with Crippen molar-refractivity contribution in [3.63, 3.8) is 0 Å². The Morgan fingerprint density at radius 3 is 2.89 bits per heavy atom. The Morgan fingerprint density at radius 1 is 1.44 bits per heavy atom. The van der Waals surface area contributed by atoms with E-state index in [1.165, 1.54) is 0 Å². The van der Waals surface area contributed by atoms with Gasteiger partial charge in [0.15, 0.2) is 5.78 Å². The summed E-state index contributed by atoms with van der Waals surface area (Å²) in [6.07, 6.45) is 1.84. The van der Waals surface area contributed by atoms with Crippen LogP contribution in [0.15, 0.2) is 24.3 Å². The van der Waals surface area contributed by atoms with Crippen molar-refractivity contribution < 1.29 is 9.53 Å². The second-order valence-corrected chi connectivity index (χ2v) is 5.16. The van der Waals surface area contributed by atoms with Gasteiger partial charge in [0.1, 0.15) is 5.75 Å². The molecule has 3 heteroatoms. The smallest absolute Gasteiger partial charge is 0.173 e. The van der Waals surface area contributed by atoms with Crippen LogP contribution in [0.2, 0.25) is 0 Å². The molecule has 98 valence electrons. The monoisotopic (exact) mass is 247 g/mol. The van der Waals surface area contributed by atoms with Gasteiger partial charge in [-0.3, -0.25) is 4.79 Å². The summed E-state index contributed by atoms with van der Waals surface area (Å²) >= 11 is 0. The number of nitrogens with one attached hydrogen (secondary N) is 1. The van der Waals surface area contributed by atoms with Gasteiger partial charge in [-0.2, -0.15) is 0 Å². The SMILES string of the molecule is CCCOc1ccccc1C(=O)C1(C)CCNC1. The van der Waals surface area contributed by atoms with E-state index in [1.807, 2.05) is 31.2 Å². The van der Waals surface area contributed by atoms with Crippen molar-refractivity contribution >= 4 is 5.78 Å². The van der Waals surface area contributed by atoms with E-state index < -0.39 is 0 Å². The molecular formula is C15H21NO2. The largest absolute Gasteiger partial charge is 0.493 e. The van der Waals surface area contributed by atoms with E-state index in [4.69, 9.17) is 4.74 Å². The molecule has 1 saturated heterocycles. The molecule has 2 rings (SSSR count). The third kappa shape index (κ3) is 2.56. The molecule has 0 amide bonds. The molecule has 0 spiro atoms. The second-order valence-electron chi connectivity index (χ2n) is 5.16. The van der Waals surface area contributed by atoms with Crippen LogP contribution in [-0.2, 0) is 0 Å². The molecule has 1 fully saturated rings. The summed E-state index contributed by atoms with van der Waals surface area (Å²) in [7, 11) is 0. The predicted molar refractivity (Wildman–Crippen MR) is 72.2 cm³/mol. The van der Waals surface area contributed by atoms with Crippen molar-refractivity contribution in [1.29, 1.82) is 0 Å². The molecule has 1 aromatic carbocycles. The van der Waals surface area contributed by atoms with Crippen molar-refractivity contribution in [1.82, 2.24) is 5.32 Å². The van der Waals surface area contributed by atoms with E-state index in [-0.39, 0.29) is 11.2 Å². The number of hydrogen-bond donors (Lipinski definition) is 1. The molecule has 1 atom stereocenters. The number of benzene rings is 1. The average Bonchev–Trinajstić information content (AvgIpc) is 2.84. The number of rotatable bonds is 5. The maximum atomic E-state index is 12.6. The molecule has 1 unspecified atom stereocenters. The van der Waals surface area contributed by atoms with Gasteiger partial charge in [-0.1, -0.05) is 26.0 Å². The van der Waals surface area contributed by atoms with Crippen LogP contribution in [-0.4, -0.2) is 25.5 Å². The average molecular weight is 247 g/mol. The van der Waals surface area contributed by atoms with E-state index in [2.05, 4.69) is 12.2 Å². The lowest BCUT2D eigenvalue weighted by atomic mass is 9.81. The summed E-state index contributed by atoms with van der Waals surface area (Å²) in [6.45, 7) is 6.42. The molecule has 3 nitrogen and oxygen atoms in total. The zero-order valence-corrected chi connectivity index (χ0v) is 11.2. The van der Waals surface area contributed by atoms with Crippen LogP contribution in [0, 0.1) is 5.41 Å². The lowest BCUT2D eigenvalue weighted by Crippen LogP contribution is -2.30. The maximum Gasteiger partial charge on any atom is 0.173 e. The standard InChI is InChI=1S/C15H21NO2/c1-3-10-18-13-7-5-4-6-12(13)14(17)15(2)8-9-16-11-15/h4-7,16H,3,8-11H2,1-2H3. The Balaban J connectivity index is 2.24. The van der Waals surface area contributed by atoms with Crippen LogP contribution in [0.5, 0.6) is 5.75 Å². The van der Waals surface area contributed by atoms with Gasteiger partial charge in [0, 0.05) is 12.0 Å². The quantitative estimate of drug-likeness (QED) is 0.813. The first-order valence-electron chi connectivity index (χ1n) is 6.65. The first-order valence-corrected chi connectivity index (χ1v) is 6.65. The van der Waals surface area contributed by atoms with Crippen LogP contribution in [0.1, 0.15) is 37.0 Å². The van der Waals surface area contributed by atoms with Gasteiger partial charge < -0.3 is 10.1 Å². The number of para-hydroxylation sites is 1. The number of ether oxygens (including phenoxy) is 1. The van der Waals surface area contributed by atoms with Gasteiger partial charge in [0.2, 0.25) is 0 Å². The van der Waals surface area contributed by atoms with Gasteiger partial charge in [0.25, 0.3) is 0 Å². The zero-order valence-electron chi connectivity index (χ0n) is 11.2. The van der Waals surface area contributed by atoms with Crippen LogP contribution in [0.25, 0.3) is 0 Å². The van der Waals surface area contributed by atoms with Crippen LogP contribution < -0.4 is 10.1 Å². The number of hydrogen-bond acceptors (Lipinski definition) is 3. The van der Waals surface area contributed by atoms with Crippen molar-refractivity contribution in [2.45, 2.75) is 26.7 Å². The highest BCUT2D eigenvalue weighted by atomic mass is 16.5. The second kappa shape index (κ2) is 5.53. The zero-order chi connectivity index (χ0) is 13.0. The topological polar surface area (TPSA) is 38.3 Å². The van der Waals surface area contributed by atoms with E-state index >= 15 is 0 Å². The third-order valence-corrected chi connectivity index (χ3v) is 3.51. The molecule has 1 aliphatic heterocycles. The maximum absolute atomic E-state index is 12.6. The minimum absolute atomic E-state index is 0.194. The van der Waals surface area contributed by atoms with Gasteiger partial charge >= 0.3 is 0 Å². The summed E-state index contributed by atoms with van der Waals surface area (Å²) in [4.78, 5) is 12.6. The minimum atomic E-state index is -0.286. The molecule has 1 aromatic rings. The van der Waals surface area contributed by atoms with Crippen molar-refractivity contribution in [2.75, 3.05) is 19.7 Å².